The first-order valence-electron chi connectivity index (χ1n) is 4.76. The van der Waals surface area contributed by atoms with E-state index in [1.807, 2.05) is 0 Å². The molecule has 0 rings (SSSR count). The molecular weight excluding hydrogens is 222 g/mol. The second-order valence-electron chi connectivity index (χ2n) is 2.82. The highest BCUT2D eigenvalue weighted by molar-refractivity contribution is 7.79. The Morgan fingerprint density at radius 2 is 1.60 bits per heavy atom. The number of rotatable bonds is 6. The largest absolute Gasteiger partial charge is 0.394 e. The zero-order valence-electron chi connectivity index (χ0n) is 9.51. The summed E-state index contributed by atoms with van der Waals surface area (Å²) in [6.07, 6.45) is 1.15. The van der Waals surface area contributed by atoms with Gasteiger partial charge in [0.25, 0.3) is 0 Å². The topological polar surface area (TPSA) is 87.1 Å². The summed E-state index contributed by atoms with van der Waals surface area (Å²) < 4.78 is 36.5. The quantitative estimate of drug-likeness (QED) is 0.528. The summed E-state index contributed by atoms with van der Waals surface area (Å²) in [5.41, 5.74) is 0. The van der Waals surface area contributed by atoms with Crippen molar-refractivity contribution in [3.05, 3.63) is 0 Å². The maximum Gasteiger partial charge on any atom is 0.394 e. The van der Waals surface area contributed by atoms with Crippen LogP contribution in [0.25, 0.3) is 0 Å². The van der Waals surface area contributed by atoms with Gasteiger partial charge in [0.2, 0.25) is 0 Å². The van der Waals surface area contributed by atoms with Crippen molar-refractivity contribution in [2.45, 2.75) is 20.3 Å². The average molecular weight is 243 g/mol. The van der Waals surface area contributed by atoms with Gasteiger partial charge in [0.05, 0.1) is 0 Å². The molecule has 0 radical (unpaired) electrons. The minimum absolute atomic E-state index is 0.885. The van der Waals surface area contributed by atoms with Gasteiger partial charge in [0.15, 0.2) is 0 Å². The minimum Gasteiger partial charge on any atom is -0.385 e. The third-order valence-electron chi connectivity index (χ3n) is 1.72. The lowest BCUT2D eigenvalue weighted by Gasteiger charge is -2.16. The van der Waals surface area contributed by atoms with Gasteiger partial charge in [-0.2, -0.15) is 8.42 Å². The number of hydrogen-bond acceptors (Lipinski definition) is 4. The first kappa shape index (κ1) is 17.2. The summed E-state index contributed by atoms with van der Waals surface area (Å²) in [6, 6.07) is 0. The Morgan fingerprint density at radius 3 is 1.87 bits per heavy atom. The van der Waals surface area contributed by atoms with Crippen LogP contribution in [0.1, 0.15) is 20.3 Å². The predicted molar refractivity (Wildman–Crippen MR) is 58.5 cm³/mol. The van der Waals surface area contributed by atoms with Gasteiger partial charge in [0.1, 0.15) is 0 Å². The molecule has 0 heterocycles. The van der Waals surface area contributed by atoms with Crippen LogP contribution < -0.4 is 0 Å². The summed E-state index contributed by atoms with van der Waals surface area (Å²) in [6.45, 7) is 8.74. The van der Waals surface area contributed by atoms with E-state index in [1.54, 1.807) is 7.11 Å². The number of hydrogen-bond donors (Lipinski definition) is 2. The predicted octanol–water partition coefficient (Wildman–Crippen LogP) is 0.712. The second kappa shape index (κ2) is 10.3. The number of nitrogens with zero attached hydrogens (tertiary/aromatic N) is 1. The molecule has 0 aliphatic carbocycles. The van der Waals surface area contributed by atoms with Crippen LogP contribution in [0.5, 0.6) is 0 Å². The lowest BCUT2D eigenvalue weighted by molar-refractivity contribution is 0.175. The summed E-state index contributed by atoms with van der Waals surface area (Å²) in [5.74, 6) is 0. The summed E-state index contributed by atoms with van der Waals surface area (Å²) in [4.78, 5) is 2.40. The molecule has 6 nitrogen and oxygen atoms in total. The molecule has 0 fully saturated rings. The van der Waals surface area contributed by atoms with Crippen molar-refractivity contribution in [2.75, 3.05) is 33.4 Å². The van der Waals surface area contributed by atoms with Gasteiger partial charge in [-0.25, -0.2) is 0 Å². The monoisotopic (exact) mass is 243 g/mol. The molecule has 0 amide bonds. The van der Waals surface area contributed by atoms with E-state index in [-0.39, 0.29) is 0 Å². The van der Waals surface area contributed by atoms with Crippen molar-refractivity contribution in [2.24, 2.45) is 0 Å². The van der Waals surface area contributed by atoms with Crippen molar-refractivity contribution >= 4 is 10.4 Å². The molecule has 0 atom stereocenters. The number of ether oxygens (including phenoxy) is 1. The third kappa shape index (κ3) is 24.8. The van der Waals surface area contributed by atoms with Gasteiger partial charge < -0.3 is 9.64 Å². The minimum atomic E-state index is -4.67. The van der Waals surface area contributed by atoms with Gasteiger partial charge >= 0.3 is 10.4 Å². The summed E-state index contributed by atoms with van der Waals surface area (Å²) in [5, 5.41) is 0. The Kier molecular flexibility index (Phi) is 11.8. The van der Waals surface area contributed by atoms with Gasteiger partial charge in [-0.05, 0) is 19.5 Å². The highest BCUT2D eigenvalue weighted by Gasteiger charge is 1.96. The molecule has 0 aromatic heterocycles. The van der Waals surface area contributed by atoms with E-state index >= 15 is 0 Å². The zero-order valence-corrected chi connectivity index (χ0v) is 10.3. The van der Waals surface area contributed by atoms with Crippen LogP contribution >= 0.6 is 0 Å². The summed E-state index contributed by atoms with van der Waals surface area (Å²) >= 11 is 0. The molecule has 0 bridgehead atoms. The maximum atomic E-state index is 8.74. The molecule has 94 valence electrons. The fraction of sp³-hybridized carbons (Fsp3) is 1.00. The fourth-order valence-electron chi connectivity index (χ4n) is 0.972. The molecule has 0 aromatic carbocycles. The molecule has 15 heavy (non-hydrogen) atoms. The Morgan fingerprint density at radius 1 is 1.20 bits per heavy atom. The van der Waals surface area contributed by atoms with E-state index in [9.17, 15) is 0 Å². The Labute approximate surface area is 91.8 Å². The van der Waals surface area contributed by atoms with Crippen molar-refractivity contribution in [1.82, 2.24) is 4.90 Å². The Hall–Kier alpha value is -0.210. The van der Waals surface area contributed by atoms with Crippen molar-refractivity contribution in [1.29, 1.82) is 0 Å². The van der Waals surface area contributed by atoms with Crippen LogP contribution in [0.4, 0.5) is 0 Å². The van der Waals surface area contributed by atoms with E-state index in [2.05, 4.69) is 18.7 Å². The molecule has 0 saturated carbocycles. The van der Waals surface area contributed by atoms with E-state index in [4.69, 9.17) is 22.3 Å². The van der Waals surface area contributed by atoms with E-state index in [0.29, 0.717) is 0 Å². The van der Waals surface area contributed by atoms with E-state index in [1.165, 1.54) is 6.54 Å². The van der Waals surface area contributed by atoms with E-state index < -0.39 is 10.4 Å². The molecule has 0 aromatic rings. The first-order chi connectivity index (χ1) is 6.85. The lowest BCUT2D eigenvalue weighted by Crippen LogP contribution is -2.24. The highest BCUT2D eigenvalue weighted by Crippen LogP contribution is 1.89. The molecule has 0 unspecified atom stereocenters. The standard InChI is InChI=1S/C8H19NO.H2O4S/c1-4-9(5-2)7-6-8-10-3;1-5(2,3)4/h4-8H2,1-3H3;(H2,1,2,3,4). The van der Waals surface area contributed by atoms with Gasteiger partial charge in [-0.3, -0.25) is 9.11 Å². The van der Waals surface area contributed by atoms with Gasteiger partial charge in [-0.1, -0.05) is 13.8 Å². The Balaban J connectivity index is 0. The summed E-state index contributed by atoms with van der Waals surface area (Å²) in [7, 11) is -2.91. The van der Waals surface area contributed by atoms with Crippen LogP contribution in [0.15, 0.2) is 0 Å². The zero-order chi connectivity index (χ0) is 12.3. The van der Waals surface area contributed by atoms with Gasteiger partial charge in [-0.15, -0.1) is 0 Å². The SMILES string of the molecule is CCN(CC)CCCOC.O=S(=O)(O)O. The molecule has 7 heteroatoms. The Bertz CT molecular complexity index is 205. The lowest BCUT2D eigenvalue weighted by atomic mass is 10.4. The first-order valence-corrected chi connectivity index (χ1v) is 6.16. The molecule has 2 N–H and O–H groups in total. The van der Waals surface area contributed by atoms with Crippen molar-refractivity contribution in [3.63, 3.8) is 0 Å². The maximum absolute atomic E-state index is 8.74. The smallest absolute Gasteiger partial charge is 0.385 e. The molecular formula is C8H21NO5S. The van der Waals surface area contributed by atoms with Crippen LogP contribution in [-0.2, 0) is 15.1 Å². The van der Waals surface area contributed by atoms with Crippen LogP contribution in [0, 0.1) is 0 Å². The highest BCUT2D eigenvalue weighted by atomic mass is 32.3. The normalized spacial score (nSPS) is 11.1. The second-order valence-corrected chi connectivity index (χ2v) is 3.72. The van der Waals surface area contributed by atoms with Crippen molar-refractivity contribution < 1.29 is 22.3 Å². The van der Waals surface area contributed by atoms with Crippen LogP contribution in [0.2, 0.25) is 0 Å². The van der Waals surface area contributed by atoms with Crippen molar-refractivity contribution in [3.8, 4) is 0 Å². The van der Waals surface area contributed by atoms with Gasteiger partial charge in [0, 0.05) is 20.3 Å². The van der Waals surface area contributed by atoms with E-state index in [0.717, 1.165) is 26.1 Å². The molecule has 0 aliphatic heterocycles. The molecule has 0 spiro atoms. The molecule has 0 saturated heterocycles. The van der Waals surface area contributed by atoms with Crippen LogP contribution in [-0.4, -0.2) is 55.8 Å². The number of methoxy groups -OCH3 is 1. The average Bonchev–Trinajstić information content (AvgIpc) is 2.10. The fourth-order valence-corrected chi connectivity index (χ4v) is 0.972. The third-order valence-corrected chi connectivity index (χ3v) is 1.72. The van der Waals surface area contributed by atoms with Crippen LogP contribution in [0.3, 0.4) is 0 Å². The molecule has 0 aliphatic rings.